The molecule has 0 saturated heterocycles. The molecule has 0 unspecified atom stereocenters. The highest BCUT2D eigenvalue weighted by molar-refractivity contribution is 7.73. The molecule has 0 aromatic rings. The zero-order valence-electron chi connectivity index (χ0n) is 3.12. The first-order chi connectivity index (χ1) is 1.73. The summed E-state index contributed by atoms with van der Waals surface area (Å²) in [5.74, 6) is 0. The van der Waals surface area contributed by atoms with Crippen LogP contribution in [0.3, 0.4) is 0 Å². The predicted molar refractivity (Wildman–Crippen MR) is 21.8 cm³/mol. The molecule has 2 N–H and O–H groups in total. The van der Waals surface area contributed by atoms with Gasteiger partial charge in [0.25, 0.3) is 11.4 Å². The molecule has 0 aliphatic carbocycles. The van der Waals surface area contributed by atoms with Crippen molar-refractivity contribution in [2.75, 3.05) is 0 Å². The molecule has 0 radical (unpaired) electrons. The molecule has 0 aliphatic heterocycles. The Kier molecular flexibility index (Phi) is 7.87. The normalized spacial score (nSPS) is 7.00. The van der Waals surface area contributed by atoms with Crippen LogP contribution in [-0.4, -0.2) is 13.3 Å². The minimum absolute atomic E-state index is 0. The lowest BCUT2D eigenvalue weighted by molar-refractivity contribution is 0.454. The summed E-state index contributed by atoms with van der Waals surface area (Å²) in [5, 5.41) is 0. The second kappa shape index (κ2) is 4.36. The molecule has 0 heterocycles. The Balaban J connectivity index is -0.0000000450. The molecule has 0 spiro atoms. The molecule has 5 heteroatoms. The van der Waals surface area contributed by atoms with E-state index in [1.54, 1.807) is 0 Å². The van der Waals surface area contributed by atoms with E-state index in [0.29, 0.717) is 0 Å². The van der Waals surface area contributed by atoms with Gasteiger partial charge in [0, 0.05) is 0 Å². The van der Waals surface area contributed by atoms with E-state index in [9.17, 15) is 0 Å². The highest BCUT2D eigenvalue weighted by Crippen LogP contribution is 1.44. The Morgan fingerprint density at radius 3 is 1.60 bits per heavy atom. The number of rotatable bonds is 0. The van der Waals surface area contributed by atoms with Crippen molar-refractivity contribution < 1.29 is 14.7 Å². The Morgan fingerprint density at radius 1 is 1.60 bits per heavy atom. The Labute approximate surface area is 39.4 Å². The molecule has 0 bridgehead atoms. The van der Waals surface area contributed by atoms with Gasteiger partial charge in [-0.1, -0.05) is 0 Å². The Hall–Kier alpha value is 0.360. The lowest BCUT2D eigenvalue weighted by atomic mass is 15.8. The predicted octanol–water partition coefficient (Wildman–Crippen LogP) is 0.215. The summed E-state index contributed by atoms with van der Waals surface area (Å²) in [6, 6.07) is 0. The zero-order chi connectivity index (χ0) is 3.58. The van der Waals surface area contributed by atoms with Gasteiger partial charge < -0.3 is 0 Å². The van der Waals surface area contributed by atoms with Crippen LogP contribution in [-0.2, 0) is 11.4 Å². The summed E-state index contributed by atoms with van der Waals surface area (Å²) in [6.45, 7) is 0. The fraction of sp³-hybridized carbons (Fsp3) is 0. The minimum Gasteiger partial charge on any atom is -0.284 e. The smallest absolute Gasteiger partial charge is 0.284 e. The first kappa shape index (κ1) is 9.03. The van der Waals surface area contributed by atoms with E-state index < -0.39 is 11.4 Å². The summed E-state index contributed by atoms with van der Waals surface area (Å²) >= 11 is -2.61. The Morgan fingerprint density at radius 2 is 1.60 bits per heavy atom. The van der Waals surface area contributed by atoms with E-state index in [0.717, 1.165) is 0 Å². The molecule has 0 rings (SSSR count). The van der Waals surface area contributed by atoms with E-state index >= 15 is 0 Å². The molecule has 0 fully saturated rings. The summed E-state index contributed by atoms with van der Waals surface area (Å²) in [4.78, 5) is 0. The lowest BCUT2D eigenvalue weighted by Crippen LogP contribution is -1.74. The maximum atomic E-state index is 8.67. The van der Waals surface area contributed by atoms with Gasteiger partial charge in [-0.15, -0.1) is 12.4 Å². The number of halogens is 1. The second-order valence-electron chi connectivity index (χ2n) is 0.231. The monoisotopic (exact) mass is 119 g/mol. The van der Waals surface area contributed by atoms with Crippen LogP contribution in [0.4, 0.5) is 0 Å². The van der Waals surface area contributed by atoms with Gasteiger partial charge in [0.1, 0.15) is 0 Å². The molecular weight excluding hydrogens is 116 g/mol. The third-order valence-electron chi connectivity index (χ3n) is 0. The molecule has 3 nitrogen and oxygen atoms in total. The van der Waals surface area contributed by atoms with Crippen molar-refractivity contribution in [1.29, 1.82) is 0 Å². The minimum atomic E-state index is -2.61. The fourth-order valence-corrected chi connectivity index (χ4v) is 0. The summed E-state index contributed by atoms with van der Waals surface area (Å²) < 4.78 is 22.8. The van der Waals surface area contributed by atoms with E-state index in [-0.39, 0.29) is 13.8 Å². The maximum Gasteiger partial charge on any atom is 1.00 e. The maximum absolute atomic E-state index is 8.67. The van der Waals surface area contributed by atoms with Crippen molar-refractivity contribution >= 4 is 23.8 Å². The average molecular weight is 120 g/mol. The van der Waals surface area contributed by atoms with Crippen LogP contribution in [0, 0.1) is 0 Å². The third kappa shape index (κ3) is 187. The Bertz CT molecular complexity index is 33.8. The molecule has 0 amide bonds. The topological polar surface area (TPSA) is 57.5 Å². The molecule has 34 valence electrons. The van der Waals surface area contributed by atoms with Crippen molar-refractivity contribution in [2.45, 2.75) is 0 Å². The third-order valence-corrected chi connectivity index (χ3v) is 0. The van der Waals surface area contributed by atoms with Gasteiger partial charge in [0.2, 0.25) is 0 Å². The van der Waals surface area contributed by atoms with Gasteiger partial charge in [0.15, 0.2) is 0 Å². The first-order valence-electron chi connectivity index (χ1n) is 0.532. The van der Waals surface area contributed by atoms with Crippen molar-refractivity contribution in [3.8, 4) is 0 Å². The number of hydrogen-bond acceptors (Lipinski definition) is 1. The quantitative estimate of drug-likeness (QED) is 0.449. The SMILES string of the molecule is Cl.O=S(O)O.[H+]. The summed E-state index contributed by atoms with van der Waals surface area (Å²) in [7, 11) is 0. The molecule has 0 aliphatic rings. The van der Waals surface area contributed by atoms with Crippen molar-refractivity contribution in [2.24, 2.45) is 0 Å². The van der Waals surface area contributed by atoms with Crippen LogP contribution in [0.25, 0.3) is 0 Å². The van der Waals surface area contributed by atoms with E-state index in [2.05, 4.69) is 0 Å². The highest BCUT2D eigenvalue weighted by Gasteiger charge is 1.62. The molecule has 5 heavy (non-hydrogen) atoms. The molecule has 0 saturated carbocycles. The highest BCUT2D eigenvalue weighted by atomic mass is 35.5. The average Bonchev–Trinajstić information content (AvgIpc) is 0.811. The lowest BCUT2D eigenvalue weighted by Gasteiger charge is -1.59. The van der Waals surface area contributed by atoms with Crippen molar-refractivity contribution in [1.82, 2.24) is 0 Å². The summed E-state index contributed by atoms with van der Waals surface area (Å²) in [5.41, 5.74) is 0. The van der Waals surface area contributed by atoms with Crippen LogP contribution in [0.2, 0.25) is 0 Å². The summed E-state index contributed by atoms with van der Waals surface area (Å²) in [6.07, 6.45) is 0. The largest absolute Gasteiger partial charge is 1.00 e. The van der Waals surface area contributed by atoms with Gasteiger partial charge in [-0.25, -0.2) is 0 Å². The van der Waals surface area contributed by atoms with Crippen LogP contribution in [0.15, 0.2) is 0 Å². The fourth-order valence-electron chi connectivity index (χ4n) is 0. The van der Waals surface area contributed by atoms with Gasteiger partial charge in [0.05, 0.1) is 0 Å². The van der Waals surface area contributed by atoms with Crippen molar-refractivity contribution in [3.63, 3.8) is 0 Å². The molecular formula is H4ClO3S+. The second-order valence-corrected chi connectivity index (χ2v) is 0.692. The van der Waals surface area contributed by atoms with Crippen LogP contribution >= 0.6 is 12.4 Å². The molecule has 0 aromatic carbocycles. The van der Waals surface area contributed by atoms with Gasteiger partial charge >= 0.3 is 1.43 Å². The van der Waals surface area contributed by atoms with E-state index in [1.165, 1.54) is 0 Å². The standard InChI is InChI=1S/ClH.H2O3S/c;1-4(2)3/h1H;(H2,1,2,3)/p+1. The van der Waals surface area contributed by atoms with Gasteiger partial charge in [-0.2, -0.15) is 4.21 Å². The molecule has 0 aromatic heterocycles. The van der Waals surface area contributed by atoms with E-state index in [4.69, 9.17) is 13.3 Å². The van der Waals surface area contributed by atoms with Crippen LogP contribution < -0.4 is 0 Å². The van der Waals surface area contributed by atoms with Gasteiger partial charge in [-0.05, 0) is 0 Å². The van der Waals surface area contributed by atoms with Crippen LogP contribution in [0.5, 0.6) is 0 Å². The number of hydrogen-bond donors (Lipinski definition) is 2. The van der Waals surface area contributed by atoms with E-state index in [1.807, 2.05) is 0 Å². The molecule has 0 atom stereocenters. The van der Waals surface area contributed by atoms with Crippen LogP contribution in [0.1, 0.15) is 1.43 Å². The first-order valence-corrected chi connectivity index (χ1v) is 1.60. The zero-order valence-corrected chi connectivity index (χ0v) is 3.75. The van der Waals surface area contributed by atoms with Crippen molar-refractivity contribution in [3.05, 3.63) is 0 Å². The van der Waals surface area contributed by atoms with Gasteiger partial charge in [-0.3, -0.25) is 9.11 Å².